The topological polar surface area (TPSA) is 151 Å². The van der Waals surface area contributed by atoms with Gasteiger partial charge in [0.15, 0.2) is 0 Å². The highest BCUT2D eigenvalue weighted by atomic mass is 16.4. The molecule has 2 aromatic carbocycles. The normalized spacial score (nSPS) is 10.5. The van der Waals surface area contributed by atoms with Gasteiger partial charge in [0, 0.05) is 5.56 Å². The van der Waals surface area contributed by atoms with Crippen LogP contribution in [0.4, 0.5) is 5.95 Å². The summed E-state index contributed by atoms with van der Waals surface area (Å²) in [6.07, 6.45) is 1.30. The molecule has 1 heterocycles. The molecule has 138 valence electrons. The Bertz CT molecular complexity index is 1160. The first kappa shape index (κ1) is 18.3. The molecule has 9 nitrogen and oxygen atoms in total. The van der Waals surface area contributed by atoms with Crippen molar-refractivity contribution in [3.8, 4) is 23.1 Å². The third kappa shape index (κ3) is 3.86. The van der Waals surface area contributed by atoms with Crippen molar-refractivity contribution in [1.82, 2.24) is 9.97 Å². The van der Waals surface area contributed by atoms with Gasteiger partial charge in [0.2, 0.25) is 5.95 Å². The van der Waals surface area contributed by atoms with E-state index < -0.39 is 11.5 Å². The molecule has 0 aliphatic carbocycles. The van der Waals surface area contributed by atoms with Crippen molar-refractivity contribution in [3.05, 3.63) is 75.6 Å². The Labute approximate surface area is 158 Å². The lowest BCUT2D eigenvalue weighted by atomic mass is 10.1. The molecule has 0 aliphatic rings. The second-order valence-electron chi connectivity index (χ2n) is 5.57. The molecule has 0 unspecified atom stereocenters. The number of aromatic amines is 1. The Balaban J connectivity index is 1.90. The second-order valence-corrected chi connectivity index (χ2v) is 5.57. The van der Waals surface area contributed by atoms with Crippen molar-refractivity contribution in [2.45, 2.75) is 0 Å². The SMILES string of the molecule is N#Cc1c(-c2ccccc2)nc(NN=Cc2ccc(O)c(C(=O)O)c2)[nH]c1=O. The number of aromatic nitrogens is 2. The highest BCUT2D eigenvalue weighted by Crippen LogP contribution is 2.20. The Morgan fingerprint density at radius 1 is 1.25 bits per heavy atom. The van der Waals surface area contributed by atoms with Crippen molar-refractivity contribution < 1.29 is 15.0 Å². The number of carbonyl (C=O) groups is 1. The molecule has 0 spiro atoms. The average molecular weight is 375 g/mol. The largest absolute Gasteiger partial charge is 0.507 e. The number of nitrogens with one attached hydrogen (secondary N) is 2. The number of aromatic hydroxyl groups is 1. The van der Waals surface area contributed by atoms with E-state index in [1.807, 2.05) is 6.07 Å². The minimum atomic E-state index is -1.27. The Morgan fingerprint density at radius 2 is 2.00 bits per heavy atom. The number of benzene rings is 2. The summed E-state index contributed by atoms with van der Waals surface area (Å²) in [7, 11) is 0. The van der Waals surface area contributed by atoms with Crippen LogP contribution >= 0.6 is 0 Å². The van der Waals surface area contributed by atoms with E-state index in [9.17, 15) is 20.0 Å². The Kier molecular flexibility index (Phi) is 5.14. The molecule has 4 N–H and O–H groups in total. The number of rotatable bonds is 5. The van der Waals surface area contributed by atoms with Crippen molar-refractivity contribution in [3.63, 3.8) is 0 Å². The maximum absolute atomic E-state index is 12.2. The first-order valence-electron chi connectivity index (χ1n) is 7.95. The van der Waals surface area contributed by atoms with E-state index in [0.717, 1.165) is 0 Å². The highest BCUT2D eigenvalue weighted by molar-refractivity contribution is 5.93. The number of phenols is 1. The lowest BCUT2D eigenvalue weighted by Crippen LogP contribution is -2.16. The summed E-state index contributed by atoms with van der Waals surface area (Å²) in [4.78, 5) is 29.8. The van der Waals surface area contributed by atoms with Gasteiger partial charge in [0.25, 0.3) is 5.56 Å². The first-order valence-corrected chi connectivity index (χ1v) is 7.95. The molecule has 3 rings (SSSR count). The number of hydrogen-bond acceptors (Lipinski definition) is 7. The molecule has 0 saturated heterocycles. The number of hydrazone groups is 1. The molecule has 0 fully saturated rings. The molecule has 0 aliphatic heterocycles. The third-order valence-electron chi connectivity index (χ3n) is 3.71. The first-order chi connectivity index (χ1) is 13.5. The Hall–Kier alpha value is -4.45. The molecular formula is C19H13N5O4. The number of carboxylic acids is 1. The van der Waals surface area contributed by atoms with Crippen molar-refractivity contribution in [2.75, 3.05) is 5.43 Å². The minimum Gasteiger partial charge on any atom is -0.507 e. The number of anilines is 1. The molecule has 0 radical (unpaired) electrons. The quantitative estimate of drug-likeness (QED) is 0.394. The molecule has 1 aromatic heterocycles. The fourth-order valence-electron chi connectivity index (χ4n) is 2.41. The molecule has 0 bridgehead atoms. The van der Waals surface area contributed by atoms with E-state index in [1.165, 1.54) is 24.4 Å². The number of aromatic carboxylic acids is 1. The second kappa shape index (κ2) is 7.84. The third-order valence-corrected chi connectivity index (χ3v) is 3.71. The van der Waals surface area contributed by atoms with E-state index in [1.54, 1.807) is 30.3 Å². The van der Waals surface area contributed by atoms with E-state index >= 15 is 0 Å². The van der Waals surface area contributed by atoms with E-state index in [2.05, 4.69) is 20.5 Å². The molecule has 0 saturated carbocycles. The smallest absolute Gasteiger partial charge is 0.339 e. The maximum Gasteiger partial charge on any atom is 0.339 e. The van der Waals surface area contributed by atoms with Gasteiger partial charge in [-0.2, -0.15) is 10.4 Å². The van der Waals surface area contributed by atoms with Gasteiger partial charge in [-0.15, -0.1) is 0 Å². The summed E-state index contributed by atoms with van der Waals surface area (Å²) in [5, 5.41) is 31.7. The standard InChI is InChI=1S/C19H13N5O4/c20-9-14-16(12-4-2-1-3-5-12)22-19(23-17(14)26)24-21-10-11-6-7-15(25)13(8-11)18(27)28/h1-8,10,25H,(H,27,28)(H2,22,23,24,26). The van der Waals surface area contributed by atoms with Crippen LogP contribution in [0.5, 0.6) is 5.75 Å². The summed E-state index contributed by atoms with van der Waals surface area (Å²) < 4.78 is 0. The van der Waals surface area contributed by atoms with Crippen LogP contribution in [-0.4, -0.2) is 32.4 Å². The lowest BCUT2D eigenvalue weighted by Gasteiger charge is -2.06. The van der Waals surface area contributed by atoms with Gasteiger partial charge in [-0.3, -0.25) is 9.78 Å². The molecule has 3 aromatic rings. The van der Waals surface area contributed by atoms with Gasteiger partial charge in [0.05, 0.1) is 11.9 Å². The minimum absolute atomic E-state index is 0.0105. The van der Waals surface area contributed by atoms with Crippen LogP contribution in [0.2, 0.25) is 0 Å². The number of nitrogens with zero attached hydrogens (tertiary/aromatic N) is 3. The van der Waals surface area contributed by atoms with Gasteiger partial charge in [-0.25, -0.2) is 15.2 Å². The number of carboxylic acid groups (broad SMARTS) is 1. The van der Waals surface area contributed by atoms with Crippen LogP contribution in [0.15, 0.2) is 58.4 Å². The van der Waals surface area contributed by atoms with Crippen molar-refractivity contribution in [1.29, 1.82) is 5.26 Å². The number of H-pyrrole nitrogens is 1. The average Bonchev–Trinajstić information content (AvgIpc) is 2.69. The zero-order chi connectivity index (χ0) is 20.1. The fourth-order valence-corrected chi connectivity index (χ4v) is 2.41. The molecule has 0 amide bonds. The summed E-state index contributed by atoms with van der Waals surface area (Å²) in [6, 6.07) is 14.6. The van der Waals surface area contributed by atoms with E-state index in [-0.39, 0.29) is 28.5 Å². The zero-order valence-electron chi connectivity index (χ0n) is 14.2. The highest BCUT2D eigenvalue weighted by Gasteiger charge is 2.13. The zero-order valence-corrected chi connectivity index (χ0v) is 14.2. The van der Waals surface area contributed by atoms with Gasteiger partial charge in [-0.1, -0.05) is 30.3 Å². The van der Waals surface area contributed by atoms with E-state index in [0.29, 0.717) is 11.1 Å². The van der Waals surface area contributed by atoms with Crippen molar-refractivity contribution >= 4 is 18.1 Å². The van der Waals surface area contributed by atoms with Crippen LogP contribution in [-0.2, 0) is 0 Å². The predicted octanol–water partition coefficient (Wildman–Crippen LogP) is 2.16. The number of hydrogen-bond donors (Lipinski definition) is 4. The van der Waals surface area contributed by atoms with E-state index in [4.69, 9.17) is 5.11 Å². The number of nitriles is 1. The van der Waals surface area contributed by atoms with Crippen LogP contribution in [0.3, 0.4) is 0 Å². The fraction of sp³-hybridized carbons (Fsp3) is 0. The van der Waals surface area contributed by atoms with Crippen molar-refractivity contribution in [2.24, 2.45) is 5.10 Å². The Morgan fingerprint density at radius 3 is 2.68 bits per heavy atom. The summed E-state index contributed by atoms with van der Waals surface area (Å²) in [5.74, 6) is -1.62. The van der Waals surface area contributed by atoms with Crippen LogP contribution in [0.25, 0.3) is 11.3 Å². The summed E-state index contributed by atoms with van der Waals surface area (Å²) >= 11 is 0. The van der Waals surface area contributed by atoms with Gasteiger partial charge < -0.3 is 10.2 Å². The summed E-state index contributed by atoms with van der Waals surface area (Å²) in [5.41, 5.74) is 2.75. The van der Waals surface area contributed by atoms with Gasteiger partial charge >= 0.3 is 5.97 Å². The molecule has 9 heteroatoms. The summed E-state index contributed by atoms with van der Waals surface area (Å²) in [6.45, 7) is 0. The molecule has 28 heavy (non-hydrogen) atoms. The van der Waals surface area contributed by atoms with Crippen LogP contribution in [0.1, 0.15) is 21.5 Å². The predicted molar refractivity (Wildman–Crippen MR) is 101 cm³/mol. The maximum atomic E-state index is 12.2. The molecule has 0 atom stereocenters. The molecular weight excluding hydrogens is 362 g/mol. The van der Waals surface area contributed by atoms with Crippen LogP contribution < -0.4 is 11.0 Å². The van der Waals surface area contributed by atoms with Crippen LogP contribution in [0, 0.1) is 11.3 Å². The van der Waals surface area contributed by atoms with Gasteiger partial charge in [0.1, 0.15) is 22.9 Å². The lowest BCUT2D eigenvalue weighted by molar-refractivity contribution is 0.0693. The monoisotopic (exact) mass is 375 g/mol. The van der Waals surface area contributed by atoms with Gasteiger partial charge in [-0.05, 0) is 23.8 Å².